The second kappa shape index (κ2) is 9.18. The average Bonchev–Trinajstić information content (AvgIpc) is 3.85. The van der Waals surface area contributed by atoms with Gasteiger partial charge in [-0.15, -0.1) is 0 Å². The van der Waals surface area contributed by atoms with Crippen LogP contribution in [-0.4, -0.2) is 71.9 Å². The van der Waals surface area contributed by atoms with E-state index in [9.17, 15) is 19.6 Å². The molecule has 0 unspecified atom stereocenters. The molecular formula is C28H30N6O3. The molecule has 0 atom stereocenters. The highest BCUT2D eigenvalue weighted by Crippen LogP contribution is 2.47. The molecule has 2 saturated carbocycles. The van der Waals surface area contributed by atoms with Gasteiger partial charge >= 0.3 is 6.03 Å². The lowest BCUT2D eigenvalue weighted by molar-refractivity contribution is -0.125. The van der Waals surface area contributed by atoms with Crippen LogP contribution in [0, 0.1) is 11.3 Å². The third-order valence-electron chi connectivity index (χ3n) is 7.90. The van der Waals surface area contributed by atoms with E-state index in [1.807, 2.05) is 6.20 Å². The number of hydrogen-bond acceptors (Lipinski definition) is 6. The summed E-state index contributed by atoms with van der Waals surface area (Å²) >= 11 is 0. The summed E-state index contributed by atoms with van der Waals surface area (Å²) in [7, 11) is 0. The van der Waals surface area contributed by atoms with Crippen LogP contribution in [0.4, 0.5) is 16.3 Å². The fourth-order valence-electron chi connectivity index (χ4n) is 5.43. The summed E-state index contributed by atoms with van der Waals surface area (Å²) in [6, 6.07) is 8.96. The van der Waals surface area contributed by atoms with E-state index in [1.165, 1.54) is 53.5 Å². The third-order valence-corrected chi connectivity index (χ3v) is 7.90. The molecule has 190 valence electrons. The first-order valence-corrected chi connectivity index (χ1v) is 13.1. The van der Waals surface area contributed by atoms with Gasteiger partial charge in [0.15, 0.2) is 0 Å². The SMILES string of the molecule is CC(=O)N1CCN(c2ccc(C(=O)N3CCN(c4ncc(C5CC5)cc4C4CC4)CC3)c(C#N)c2)C1=O. The van der Waals surface area contributed by atoms with Crippen molar-refractivity contribution < 1.29 is 14.4 Å². The van der Waals surface area contributed by atoms with Crippen LogP contribution in [0.3, 0.4) is 0 Å². The molecule has 1 aromatic carbocycles. The van der Waals surface area contributed by atoms with Gasteiger partial charge < -0.3 is 9.80 Å². The Kier molecular flexibility index (Phi) is 5.82. The maximum Gasteiger partial charge on any atom is 0.331 e. The molecule has 4 aliphatic rings. The number of anilines is 2. The quantitative estimate of drug-likeness (QED) is 0.626. The second-order valence-electron chi connectivity index (χ2n) is 10.5. The number of nitriles is 1. The largest absolute Gasteiger partial charge is 0.353 e. The minimum atomic E-state index is -0.407. The van der Waals surface area contributed by atoms with Crippen molar-refractivity contribution in [3.8, 4) is 6.07 Å². The standard InChI is InChI=1S/C28H30N6O3/c1-18(35)33-12-13-34(28(33)37)23-6-7-24(21(14-23)16-29)27(36)32-10-8-31(9-11-32)26-25(20-4-5-20)15-22(17-30-26)19-2-3-19/h6-7,14-15,17,19-20H,2-5,8-13H2,1H3. The van der Waals surface area contributed by atoms with Gasteiger partial charge in [0, 0.05) is 58.1 Å². The summed E-state index contributed by atoms with van der Waals surface area (Å²) < 4.78 is 0. The lowest BCUT2D eigenvalue weighted by atomic mass is 10.0. The number of urea groups is 1. The summed E-state index contributed by atoms with van der Waals surface area (Å²) in [6.07, 6.45) is 7.03. The van der Waals surface area contributed by atoms with E-state index in [2.05, 4.69) is 17.0 Å². The molecule has 37 heavy (non-hydrogen) atoms. The van der Waals surface area contributed by atoms with E-state index in [0.29, 0.717) is 62.4 Å². The normalized spacial score (nSPS) is 19.8. The van der Waals surface area contributed by atoms with Crippen molar-refractivity contribution in [1.29, 1.82) is 5.26 Å². The molecule has 0 spiro atoms. The molecule has 0 N–H and O–H groups in total. The summed E-state index contributed by atoms with van der Waals surface area (Å²) in [6.45, 7) is 4.53. The zero-order valence-electron chi connectivity index (χ0n) is 21.0. The second-order valence-corrected chi connectivity index (χ2v) is 10.5. The number of aromatic nitrogens is 1. The molecule has 1 aromatic heterocycles. The van der Waals surface area contributed by atoms with E-state index in [4.69, 9.17) is 4.98 Å². The Balaban J connectivity index is 1.15. The number of piperazine rings is 1. The predicted molar refractivity (Wildman–Crippen MR) is 138 cm³/mol. The molecule has 9 heteroatoms. The van der Waals surface area contributed by atoms with Crippen molar-refractivity contribution in [3.63, 3.8) is 0 Å². The van der Waals surface area contributed by atoms with Crippen LogP contribution >= 0.6 is 0 Å². The van der Waals surface area contributed by atoms with Crippen LogP contribution in [0.15, 0.2) is 30.5 Å². The highest BCUT2D eigenvalue weighted by molar-refractivity contribution is 6.04. The van der Waals surface area contributed by atoms with Crippen molar-refractivity contribution in [2.24, 2.45) is 0 Å². The molecule has 0 bridgehead atoms. The Labute approximate surface area is 216 Å². The van der Waals surface area contributed by atoms with E-state index >= 15 is 0 Å². The Morgan fingerprint density at radius 3 is 2.32 bits per heavy atom. The number of pyridine rings is 1. The van der Waals surface area contributed by atoms with Crippen molar-refractivity contribution in [2.75, 3.05) is 49.1 Å². The van der Waals surface area contributed by atoms with E-state index in [-0.39, 0.29) is 17.4 Å². The number of benzene rings is 1. The number of imide groups is 1. The first kappa shape index (κ1) is 23.5. The fourth-order valence-corrected chi connectivity index (χ4v) is 5.43. The highest BCUT2D eigenvalue weighted by atomic mass is 16.2. The average molecular weight is 499 g/mol. The number of hydrogen-bond donors (Lipinski definition) is 0. The molecule has 2 aromatic rings. The first-order valence-electron chi connectivity index (χ1n) is 13.1. The molecule has 4 fully saturated rings. The number of rotatable bonds is 5. The van der Waals surface area contributed by atoms with E-state index in [1.54, 1.807) is 23.1 Å². The number of amides is 4. The predicted octanol–water partition coefficient (Wildman–Crippen LogP) is 3.46. The lowest BCUT2D eigenvalue weighted by Gasteiger charge is -2.36. The van der Waals surface area contributed by atoms with Gasteiger partial charge in [-0.1, -0.05) is 6.07 Å². The molecular weight excluding hydrogens is 468 g/mol. The molecule has 9 nitrogen and oxygen atoms in total. The van der Waals surface area contributed by atoms with Gasteiger partial charge in [-0.05, 0) is 66.8 Å². The summed E-state index contributed by atoms with van der Waals surface area (Å²) in [5, 5.41) is 9.78. The molecule has 4 amide bonds. The van der Waals surface area contributed by atoms with Crippen LogP contribution in [-0.2, 0) is 4.79 Å². The van der Waals surface area contributed by atoms with Gasteiger partial charge in [-0.3, -0.25) is 19.4 Å². The Morgan fingerprint density at radius 2 is 1.70 bits per heavy atom. The Hall–Kier alpha value is -3.93. The molecule has 2 saturated heterocycles. The minimum Gasteiger partial charge on any atom is -0.353 e. The zero-order valence-corrected chi connectivity index (χ0v) is 21.0. The Bertz CT molecular complexity index is 1320. The molecule has 6 rings (SSSR count). The maximum absolute atomic E-state index is 13.4. The van der Waals surface area contributed by atoms with Gasteiger partial charge in [0.25, 0.3) is 5.91 Å². The third kappa shape index (κ3) is 4.41. The molecule has 3 heterocycles. The van der Waals surface area contributed by atoms with Crippen LogP contribution in [0.1, 0.15) is 71.5 Å². The van der Waals surface area contributed by atoms with Crippen molar-refractivity contribution in [2.45, 2.75) is 44.4 Å². The molecule has 0 radical (unpaired) electrons. The topological polar surface area (TPSA) is 101 Å². The van der Waals surface area contributed by atoms with Crippen molar-refractivity contribution in [3.05, 3.63) is 52.7 Å². The van der Waals surface area contributed by atoms with Gasteiger partial charge in [-0.25, -0.2) is 9.78 Å². The zero-order chi connectivity index (χ0) is 25.7. The molecule has 2 aliphatic heterocycles. The number of carbonyl (C=O) groups is 3. The number of carbonyl (C=O) groups excluding carboxylic acids is 3. The first-order chi connectivity index (χ1) is 17.9. The minimum absolute atomic E-state index is 0.180. The lowest BCUT2D eigenvalue weighted by Crippen LogP contribution is -2.49. The highest BCUT2D eigenvalue weighted by Gasteiger charge is 2.35. The summed E-state index contributed by atoms with van der Waals surface area (Å²) in [4.78, 5) is 49.2. The van der Waals surface area contributed by atoms with Gasteiger partial charge in [0.2, 0.25) is 5.91 Å². The van der Waals surface area contributed by atoms with Crippen LogP contribution in [0.5, 0.6) is 0 Å². The van der Waals surface area contributed by atoms with Gasteiger partial charge in [0.1, 0.15) is 11.9 Å². The van der Waals surface area contributed by atoms with E-state index in [0.717, 1.165) is 5.82 Å². The summed E-state index contributed by atoms with van der Waals surface area (Å²) in [5.41, 5.74) is 3.82. The van der Waals surface area contributed by atoms with Crippen molar-refractivity contribution >= 4 is 29.4 Å². The van der Waals surface area contributed by atoms with Crippen LogP contribution < -0.4 is 9.80 Å². The maximum atomic E-state index is 13.4. The van der Waals surface area contributed by atoms with E-state index < -0.39 is 6.03 Å². The van der Waals surface area contributed by atoms with Gasteiger partial charge in [0.05, 0.1) is 11.1 Å². The monoisotopic (exact) mass is 498 g/mol. The smallest absolute Gasteiger partial charge is 0.331 e. The van der Waals surface area contributed by atoms with Crippen LogP contribution in [0.2, 0.25) is 0 Å². The van der Waals surface area contributed by atoms with Crippen molar-refractivity contribution in [1.82, 2.24) is 14.8 Å². The van der Waals surface area contributed by atoms with Crippen LogP contribution in [0.25, 0.3) is 0 Å². The fraction of sp³-hybridized carbons (Fsp3) is 0.464. The summed E-state index contributed by atoms with van der Waals surface area (Å²) in [5.74, 6) is 1.88. The number of nitrogens with zero attached hydrogens (tertiary/aromatic N) is 6. The van der Waals surface area contributed by atoms with Gasteiger partial charge in [-0.2, -0.15) is 5.26 Å². The Morgan fingerprint density at radius 1 is 0.973 bits per heavy atom. The molecule has 2 aliphatic carbocycles.